The number of carbonyl (C=O) groups is 2. The second kappa shape index (κ2) is 3.84. The van der Waals surface area contributed by atoms with Gasteiger partial charge in [-0.25, -0.2) is 0 Å². The Morgan fingerprint density at radius 1 is 1.40 bits per heavy atom. The largest absolute Gasteiger partial charge is 0.481 e. The molecule has 0 unspecified atom stereocenters. The monoisotopic (exact) mass is 153 g/mol. The van der Waals surface area contributed by atoms with Gasteiger partial charge in [0.05, 0.1) is 20.2 Å². The first-order chi connectivity index (χ1) is 6.39. The summed E-state index contributed by atoms with van der Waals surface area (Å²) in [7, 11) is 0. The summed E-state index contributed by atoms with van der Waals surface area (Å²) in [6, 6.07) is 0. The van der Waals surface area contributed by atoms with E-state index in [4.69, 9.17) is 22.2 Å². The molecule has 3 N–H and O–H groups in total. The van der Waals surface area contributed by atoms with Crippen molar-refractivity contribution in [3.05, 3.63) is 0 Å². The Morgan fingerprint density at radius 2 is 1.70 bits per heavy atom. The maximum absolute atomic E-state index is 10.3. The van der Waals surface area contributed by atoms with Crippen LogP contribution < -0.4 is 0 Å². The SMILES string of the molecule is [2H]C([2H])(C(=O)O)C([2H])(O)C([2H])([2H])C(=O)O. The van der Waals surface area contributed by atoms with E-state index in [1.54, 1.807) is 0 Å². The fraction of sp³-hybridized carbons (Fsp3) is 0.600. The third-order valence-electron chi connectivity index (χ3n) is 0.451. The summed E-state index contributed by atoms with van der Waals surface area (Å²) >= 11 is 0. The second-order valence-corrected chi connectivity index (χ2v) is 1.21. The van der Waals surface area contributed by atoms with Crippen molar-refractivity contribution < 1.29 is 31.8 Å². The maximum Gasteiger partial charge on any atom is 0.305 e. The van der Waals surface area contributed by atoms with Gasteiger partial charge in [0, 0.05) is 5.48 Å². The first kappa shape index (κ1) is 3.34. The molecule has 0 rings (SSSR count). The quantitative estimate of drug-likeness (QED) is 0.496. The topological polar surface area (TPSA) is 94.8 Å². The van der Waals surface area contributed by atoms with Crippen LogP contribution in [0.2, 0.25) is 0 Å². The normalized spacial score (nSPS) is 21.1. The highest BCUT2D eigenvalue weighted by atomic mass is 16.4. The minimum Gasteiger partial charge on any atom is -0.481 e. The number of aliphatic carboxylic acids is 2. The lowest BCUT2D eigenvalue weighted by molar-refractivity contribution is -0.142. The molecule has 0 aromatic carbocycles. The summed E-state index contributed by atoms with van der Waals surface area (Å²) in [5.41, 5.74) is 0. The van der Waals surface area contributed by atoms with Crippen molar-refractivity contribution >= 4 is 11.9 Å². The molecular weight excluding hydrogens is 140 g/mol. The van der Waals surface area contributed by atoms with Crippen molar-refractivity contribution in [3.8, 4) is 0 Å². The van der Waals surface area contributed by atoms with Crippen molar-refractivity contribution in [2.24, 2.45) is 0 Å². The van der Waals surface area contributed by atoms with E-state index in [0.717, 1.165) is 0 Å². The van der Waals surface area contributed by atoms with Crippen molar-refractivity contribution in [2.75, 3.05) is 0 Å². The Labute approximate surface area is 63.9 Å². The van der Waals surface area contributed by atoms with Gasteiger partial charge in [-0.1, -0.05) is 0 Å². The molecule has 5 nitrogen and oxygen atoms in total. The van der Waals surface area contributed by atoms with Crippen LogP contribution in [0.5, 0.6) is 0 Å². The van der Waals surface area contributed by atoms with Crippen LogP contribution in [0.15, 0.2) is 0 Å². The molecular formula is C5H8O5. The highest BCUT2D eigenvalue weighted by Gasteiger charge is 2.12. The highest BCUT2D eigenvalue weighted by molar-refractivity contribution is 5.71. The average molecular weight is 153 g/mol. The van der Waals surface area contributed by atoms with E-state index in [1.165, 1.54) is 0 Å². The van der Waals surface area contributed by atoms with E-state index >= 15 is 0 Å². The van der Waals surface area contributed by atoms with Gasteiger partial charge in [-0.15, -0.1) is 0 Å². The van der Waals surface area contributed by atoms with Gasteiger partial charge in [0.15, 0.2) is 0 Å². The Kier molecular flexibility index (Phi) is 1.28. The first-order valence-electron chi connectivity index (χ1n) is 4.58. The average Bonchev–Trinajstić information content (AvgIpc) is 2.02. The standard InChI is InChI=1S/C5H8O5/c6-3(1-4(7)8)2-5(9)10/h3,6H,1-2H2,(H,7,8)(H,9,10)/i1D2,2D2,3D. The molecule has 10 heavy (non-hydrogen) atoms. The summed E-state index contributed by atoms with van der Waals surface area (Å²) in [4.78, 5) is 20.6. The molecule has 0 amide bonds. The second-order valence-electron chi connectivity index (χ2n) is 1.21. The van der Waals surface area contributed by atoms with Gasteiger partial charge in [-0.05, 0) is 0 Å². The van der Waals surface area contributed by atoms with Crippen LogP contribution in [0.4, 0.5) is 0 Å². The summed E-state index contributed by atoms with van der Waals surface area (Å²) in [6.07, 6.45) is -11.5. The van der Waals surface area contributed by atoms with Crippen molar-refractivity contribution in [1.29, 1.82) is 0 Å². The molecule has 0 bridgehead atoms. The minimum absolute atomic E-state index is 2.33. The fourth-order valence-electron chi connectivity index (χ4n) is 0.234. The summed E-state index contributed by atoms with van der Waals surface area (Å²) in [5, 5.41) is 25.7. The van der Waals surface area contributed by atoms with Crippen molar-refractivity contribution in [3.63, 3.8) is 0 Å². The van der Waals surface area contributed by atoms with Crippen molar-refractivity contribution in [2.45, 2.75) is 18.8 Å². The zero-order chi connectivity index (χ0) is 12.7. The Bertz CT molecular complexity index is 270. The number of rotatable bonds is 4. The lowest BCUT2D eigenvalue weighted by Crippen LogP contribution is -2.16. The molecule has 0 heterocycles. The van der Waals surface area contributed by atoms with Gasteiger partial charge in [0.25, 0.3) is 0 Å². The number of aliphatic hydroxyl groups is 1. The Hall–Kier alpha value is -1.10. The van der Waals surface area contributed by atoms with Gasteiger partial charge in [0.2, 0.25) is 0 Å². The molecule has 0 aromatic rings. The van der Waals surface area contributed by atoms with E-state index in [1.807, 2.05) is 0 Å². The predicted molar refractivity (Wildman–Crippen MR) is 30.5 cm³/mol. The highest BCUT2D eigenvalue weighted by Crippen LogP contribution is 1.96. The molecule has 0 aliphatic heterocycles. The molecule has 0 aliphatic rings. The van der Waals surface area contributed by atoms with E-state index in [-0.39, 0.29) is 0 Å². The smallest absolute Gasteiger partial charge is 0.305 e. The van der Waals surface area contributed by atoms with Crippen molar-refractivity contribution in [1.82, 2.24) is 0 Å². The number of hydrogen-bond acceptors (Lipinski definition) is 3. The molecule has 0 aromatic heterocycles. The van der Waals surface area contributed by atoms with Gasteiger partial charge >= 0.3 is 11.9 Å². The minimum atomic E-state index is -3.95. The van der Waals surface area contributed by atoms with Crippen LogP contribution in [-0.4, -0.2) is 33.3 Å². The first-order valence-corrected chi connectivity index (χ1v) is 2.08. The third kappa shape index (κ3) is 5.04. The van der Waals surface area contributed by atoms with Gasteiger partial charge in [-0.3, -0.25) is 9.59 Å². The van der Waals surface area contributed by atoms with E-state index in [9.17, 15) is 9.59 Å². The van der Waals surface area contributed by atoms with Gasteiger partial charge in [-0.2, -0.15) is 0 Å². The molecule has 0 spiro atoms. The lowest BCUT2D eigenvalue weighted by atomic mass is 10.2. The van der Waals surface area contributed by atoms with Crippen LogP contribution in [0.25, 0.3) is 0 Å². The van der Waals surface area contributed by atoms with Crippen LogP contribution in [0, 0.1) is 0 Å². The zero-order valence-electron chi connectivity index (χ0n) is 9.66. The number of carboxylic acids is 2. The molecule has 0 aliphatic carbocycles. The van der Waals surface area contributed by atoms with Gasteiger partial charge < -0.3 is 15.3 Å². The van der Waals surface area contributed by atoms with E-state index in [2.05, 4.69) is 0 Å². The molecule has 0 radical (unpaired) electrons. The summed E-state index contributed by atoms with van der Waals surface area (Å²) < 4.78 is 33.9. The van der Waals surface area contributed by atoms with Crippen LogP contribution >= 0.6 is 0 Å². The number of carboxylic acid groups (broad SMARTS) is 2. The summed E-state index contributed by atoms with van der Waals surface area (Å²) in [6.45, 7) is 0. The zero-order valence-corrected chi connectivity index (χ0v) is 4.66. The van der Waals surface area contributed by atoms with Crippen LogP contribution in [0.3, 0.4) is 0 Å². The molecule has 58 valence electrons. The molecule has 0 saturated carbocycles. The fourth-order valence-corrected chi connectivity index (χ4v) is 0.234. The molecule has 5 heteroatoms. The third-order valence-corrected chi connectivity index (χ3v) is 0.451. The lowest BCUT2D eigenvalue weighted by Gasteiger charge is -2.01. The Morgan fingerprint density at radius 3 is 1.90 bits per heavy atom. The van der Waals surface area contributed by atoms with Gasteiger partial charge in [0.1, 0.15) is 0 Å². The number of hydrogen-bond donors (Lipinski definition) is 3. The van der Waals surface area contributed by atoms with E-state index in [0.29, 0.717) is 0 Å². The molecule has 0 fully saturated rings. The molecule has 0 saturated heterocycles. The molecule has 0 atom stereocenters. The summed E-state index contributed by atoms with van der Waals surface area (Å²) in [5.74, 6) is -4.66. The predicted octanol–water partition coefficient (Wildman–Crippen LogP) is -0.703. The Balaban J connectivity index is 5.50. The van der Waals surface area contributed by atoms with Crippen LogP contribution in [-0.2, 0) is 9.59 Å². The maximum atomic E-state index is 10.3. The van der Waals surface area contributed by atoms with Crippen LogP contribution in [0.1, 0.15) is 19.6 Å². The van der Waals surface area contributed by atoms with E-state index < -0.39 is 30.8 Å².